The largest absolute Gasteiger partial charge is 2.00 e. The van der Waals surface area contributed by atoms with Crippen LogP contribution in [0.4, 0.5) is 26.3 Å². The molecule has 4 aliphatic rings. The van der Waals surface area contributed by atoms with Crippen LogP contribution in [0.15, 0.2) is 107 Å². The summed E-state index contributed by atoms with van der Waals surface area (Å²) in [6, 6.07) is 12.9. The van der Waals surface area contributed by atoms with Crippen LogP contribution in [0.2, 0.25) is 0 Å². The number of allylic oxidation sites excluding steroid dienone is 2. The fourth-order valence-corrected chi connectivity index (χ4v) is 5.76. The Balaban J connectivity index is 0.000000338. The summed E-state index contributed by atoms with van der Waals surface area (Å²) in [4.78, 5) is 20.2. The summed E-state index contributed by atoms with van der Waals surface area (Å²) < 4.78 is 118. The van der Waals surface area contributed by atoms with Gasteiger partial charge >= 0.3 is 28.1 Å². The molecule has 59 heavy (non-hydrogen) atoms. The summed E-state index contributed by atoms with van der Waals surface area (Å²) >= 11 is 0. The van der Waals surface area contributed by atoms with E-state index in [1.54, 1.807) is 12.4 Å². The molecule has 0 saturated heterocycles. The van der Waals surface area contributed by atoms with Crippen LogP contribution in [0.3, 0.4) is 0 Å². The van der Waals surface area contributed by atoms with E-state index < -0.39 is 31.3 Å². The zero-order valence-electron chi connectivity index (χ0n) is 31.8. The standard InChI is InChI=1S/C25H37N5.C10H8N2.2CHF3O3S.Cu/c1-30(18-24-14-12-22(28-24)16-26-20-8-4-2-5-9-20)19-25-15-13-23(29-25)17-27-21-10-6-3-7-11-21;1-3-7-11-9(5-1)10-6-2-4-8-12-10;2*2-1(3,4)8(5,6)7;/h12-17,20-21,26-27H,2-11,18-19H2,1H3;1-8H;2*(H,5,6,7);/q;;;;+2/p-2/b22-16+,23-17+;;;;. The van der Waals surface area contributed by atoms with Gasteiger partial charge in [0.15, 0.2) is 20.2 Å². The predicted octanol–water partition coefficient (Wildman–Crippen LogP) is 6.71. The number of hydrogen-bond acceptors (Lipinski definition) is 13. The quantitative estimate of drug-likeness (QED) is 0.118. The van der Waals surface area contributed by atoms with Crippen LogP contribution in [0.1, 0.15) is 64.2 Å². The van der Waals surface area contributed by atoms with Crippen molar-refractivity contribution in [3.05, 3.63) is 96.9 Å². The van der Waals surface area contributed by atoms with Crippen LogP contribution >= 0.6 is 0 Å². The second-order valence-electron chi connectivity index (χ2n) is 13.4. The Morgan fingerprint density at radius 2 is 0.983 bits per heavy atom. The molecule has 2 aromatic rings. The molecular weight excluding hydrogens is 880 g/mol. The molecule has 2 fully saturated rings. The number of aromatic nitrogens is 2. The maximum absolute atomic E-state index is 10.7. The molecule has 0 spiro atoms. The van der Waals surface area contributed by atoms with Crippen molar-refractivity contribution in [2.75, 3.05) is 20.1 Å². The molecule has 2 saturated carbocycles. The molecule has 2 N–H and O–H groups in total. The first-order valence-corrected chi connectivity index (χ1v) is 21.0. The van der Waals surface area contributed by atoms with E-state index in [0.29, 0.717) is 12.1 Å². The third kappa shape index (κ3) is 19.8. The Morgan fingerprint density at radius 1 is 0.644 bits per heavy atom. The molecule has 22 heteroatoms. The molecule has 6 rings (SSSR count). The first kappa shape index (κ1) is 51.2. The van der Waals surface area contributed by atoms with E-state index in [1.165, 1.54) is 64.2 Å². The maximum atomic E-state index is 10.7. The Kier molecular flexibility index (Phi) is 21.2. The molecule has 13 nitrogen and oxygen atoms in total. The monoisotopic (exact) mass is 924 g/mol. The van der Waals surface area contributed by atoms with Crippen LogP contribution in [0.25, 0.3) is 11.4 Å². The van der Waals surface area contributed by atoms with Gasteiger partial charge in [0.25, 0.3) is 0 Å². The summed E-state index contributed by atoms with van der Waals surface area (Å²) in [6.07, 6.45) is 29.5. The molecule has 0 unspecified atom stereocenters. The van der Waals surface area contributed by atoms with Gasteiger partial charge in [-0.05, 0) is 81.3 Å². The average molecular weight is 925 g/mol. The molecule has 2 aromatic heterocycles. The minimum Gasteiger partial charge on any atom is -0.741 e. The molecule has 0 bridgehead atoms. The Labute approximate surface area is 351 Å². The minimum atomic E-state index is -6.09. The van der Waals surface area contributed by atoms with E-state index in [1.807, 2.05) is 36.4 Å². The zero-order chi connectivity index (χ0) is 42.8. The predicted molar refractivity (Wildman–Crippen MR) is 206 cm³/mol. The molecule has 329 valence electrons. The van der Waals surface area contributed by atoms with Gasteiger partial charge in [0.05, 0.1) is 34.2 Å². The van der Waals surface area contributed by atoms with E-state index in [4.69, 9.17) is 35.9 Å². The molecule has 4 heterocycles. The maximum Gasteiger partial charge on any atom is 2.00 e. The van der Waals surface area contributed by atoms with Gasteiger partial charge in [0.1, 0.15) is 0 Å². The average Bonchev–Trinajstić information content (AvgIpc) is 3.83. The summed E-state index contributed by atoms with van der Waals surface area (Å²) in [5.74, 6) is 0. The topological polar surface area (TPSA) is 192 Å². The third-order valence-corrected chi connectivity index (χ3v) is 9.74. The number of pyridine rings is 2. The minimum absolute atomic E-state index is 0. The number of halogens is 6. The van der Waals surface area contributed by atoms with Crippen LogP contribution in [-0.2, 0) is 37.3 Å². The van der Waals surface area contributed by atoms with Crippen molar-refractivity contribution in [1.82, 2.24) is 25.5 Å². The van der Waals surface area contributed by atoms with Crippen molar-refractivity contribution >= 4 is 31.7 Å². The number of nitrogens with zero attached hydrogens (tertiary/aromatic N) is 5. The van der Waals surface area contributed by atoms with Crippen molar-refractivity contribution in [1.29, 1.82) is 0 Å². The van der Waals surface area contributed by atoms with Crippen molar-refractivity contribution < 1.29 is 69.4 Å². The Hall–Kier alpha value is -3.92. The van der Waals surface area contributed by atoms with Crippen molar-refractivity contribution in [2.24, 2.45) is 9.98 Å². The van der Waals surface area contributed by atoms with Gasteiger partial charge in [-0.25, -0.2) is 16.8 Å². The number of nitrogens with one attached hydrogen (secondary N) is 2. The van der Waals surface area contributed by atoms with Crippen molar-refractivity contribution in [3.63, 3.8) is 0 Å². The van der Waals surface area contributed by atoms with Gasteiger partial charge in [0, 0.05) is 50.0 Å². The normalized spacial score (nSPS) is 18.7. The molecule has 2 aliphatic carbocycles. The SMILES string of the molecule is CN(CC1=N/C(=C/NC2CCCCC2)C=C1)CC1=N/C(=C/NC2CCCCC2)C=C1.O=S(=O)([O-])C(F)(F)F.O=S(=O)([O-])C(F)(F)F.[Cu+2].c1ccc(-c2ccccn2)nc1. The summed E-state index contributed by atoms with van der Waals surface area (Å²) in [5.41, 5.74) is -5.14. The fraction of sp³-hybridized carbons (Fsp3) is 0.459. The smallest absolute Gasteiger partial charge is 0.741 e. The van der Waals surface area contributed by atoms with Crippen molar-refractivity contribution in [2.45, 2.75) is 87.3 Å². The summed E-state index contributed by atoms with van der Waals surface area (Å²) in [7, 11) is -10.0. The molecule has 2 aliphatic heterocycles. The Morgan fingerprint density at radius 3 is 1.27 bits per heavy atom. The molecule has 0 aromatic carbocycles. The number of alkyl halides is 6. The van der Waals surface area contributed by atoms with Crippen LogP contribution in [0.5, 0.6) is 0 Å². The van der Waals surface area contributed by atoms with Gasteiger partial charge in [-0.3, -0.25) is 24.9 Å². The number of rotatable bonds is 9. The first-order chi connectivity index (χ1) is 27.2. The second-order valence-corrected chi connectivity index (χ2v) is 16.2. The second kappa shape index (κ2) is 24.4. The fourth-order valence-electron chi connectivity index (χ4n) is 5.76. The molecular formula is C37H45CuF6N7O6S2. The van der Waals surface area contributed by atoms with E-state index in [0.717, 1.165) is 47.3 Å². The van der Waals surface area contributed by atoms with Gasteiger partial charge in [-0.2, -0.15) is 26.3 Å². The Bertz CT molecular complexity index is 1860. The third-order valence-electron chi connectivity index (χ3n) is 8.61. The number of hydrogen-bond donors (Lipinski definition) is 2. The van der Waals surface area contributed by atoms with Gasteiger partial charge in [-0.15, -0.1) is 0 Å². The van der Waals surface area contributed by atoms with Gasteiger partial charge in [-0.1, -0.05) is 50.7 Å². The molecule has 0 amide bonds. The van der Waals surface area contributed by atoms with Crippen LogP contribution < -0.4 is 10.6 Å². The van der Waals surface area contributed by atoms with Crippen LogP contribution in [0, 0.1) is 0 Å². The summed E-state index contributed by atoms with van der Waals surface area (Å²) in [6.45, 7) is 1.67. The van der Waals surface area contributed by atoms with Gasteiger partial charge < -0.3 is 19.7 Å². The van der Waals surface area contributed by atoms with Gasteiger partial charge in [0.2, 0.25) is 0 Å². The van der Waals surface area contributed by atoms with E-state index >= 15 is 0 Å². The van der Waals surface area contributed by atoms with Crippen molar-refractivity contribution in [3.8, 4) is 11.4 Å². The first-order valence-electron chi connectivity index (χ1n) is 18.2. The molecule has 1 radical (unpaired) electrons. The summed E-state index contributed by atoms with van der Waals surface area (Å²) in [5, 5.41) is 7.12. The van der Waals surface area contributed by atoms with E-state index in [2.05, 4.69) is 69.3 Å². The van der Waals surface area contributed by atoms with Crippen LogP contribution in [-0.4, -0.2) is 95.5 Å². The number of aliphatic imine (C=N–C) groups is 2. The zero-order valence-corrected chi connectivity index (χ0v) is 34.4. The van der Waals surface area contributed by atoms with E-state index in [-0.39, 0.29) is 17.1 Å². The van der Waals surface area contributed by atoms with E-state index in [9.17, 15) is 26.3 Å². The molecule has 0 atom stereocenters.